The lowest BCUT2D eigenvalue weighted by molar-refractivity contribution is 0.195. The van der Waals surface area contributed by atoms with Crippen molar-refractivity contribution in [2.75, 3.05) is 11.9 Å². The molecule has 4 heteroatoms. The van der Waals surface area contributed by atoms with Gasteiger partial charge >= 0.3 is 0 Å². The molecule has 1 N–H and O–H groups in total. The monoisotopic (exact) mass is 228 g/mol. The van der Waals surface area contributed by atoms with Gasteiger partial charge < -0.3 is 10.0 Å². The van der Waals surface area contributed by atoms with Gasteiger partial charge in [-0.1, -0.05) is 6.92 Å². The van der Waals surface area contributed by atoms with Crippen molar-refractivity contribution in [3.63, 3.8) is 0 Å². The summed E-state index contributed by atoms with van der Waals surface area (Å²) < 4.78 is 0. The summed E-state index contributed by atoms with van der Waals surface area (Å²) in [5.41, 5.74) is 0.863. The lowest BCUT2D eigenvalue weighted by Gasteiger charge is -2.34. The van der Waals surface area contributed by atoms with Gasteiger partial charge in [0.2, 0.25) is 0 Å². The molecule has 3 nitrogen and oxygen atoms in total. The highest BCUT2D eigenvalue weighted by atomic mass is 32.1. The van der Waals surface area contributed by atoms with E-state index in [1.807, 2.05) is 12.4 Å². The summed E-state index contributed by atoms with van der Waals surface area (Å²) in [4.78, 5) is 6.59. The molecule has 1 aromatic heterocycles. The number of anilines is 1. The summed E-state index contributed by atoms with van der Waals surface area (Å²) in [6.07, 6.45) is 0.584. The van der Waals surface area contributed by atoms with Crippen LogP contribution in [0.15, 0.2) is 5.38 Å². The van der Waals surface area contributed by atoms with E-state index in [1.165, 1.54) is 0 Å². The highest BCUT2D eigenvalue weighted by molar-refractivity contribution is 7.13. The van der Waals surface area contributed by atoms with Crippen molar-refractivity contribution >= 4 is 16.5 Å². The predicted octanol–water partition coefficient (Wildman–Crippen LogP) is 2.82. The van der Waals surface area contributed by atoms with E-state index in [4.69, 9.17) is 0 Å². The molecule has 0 saturated heterocycles. The van der Waals surface area contributed by atoms with E-state index in [0.29, 0.717) is 0 Å². The second-order valence-electron chi connectivity index (χ2n) is 4.46. The minimum Gasteiger partial charge on any atom is -0.387 e. The Morgan fingerprint density at radius 3 is 2.60 bits per heavy atom. The highest BCUT2D eigenvalue weighted by Gasteiger charge is 2.23. The molecule has 1 unspecified atom stereocenters. The van der Waals surface area contributed by atoms with E-state index in [2.05, 4.69) is 30.7 Å². The van der Waals surface area contributed by atoms with Crippen LogP contribution in [0.25, 0.3) is 0 Å². The molecule has 0 radical (unpaired) electrons. The zero-order valence-electron chi connectivity index (χ0n) is 10.1. The summed E-state index contributed by atoms with van der Waals surface area (Å²) >= 11 is 1.58. The zero-order chi connectivity index (χ0) is 11.6. The van der Waals surface area contributed by atoms with Crippen molar-refractivity contribution in [1.82, 2.24) is 4.98 Å². The van der Waals surface area contributed by atoms with Crippen LogP contribution in [-0.4, -0.2) is 22.7 Å². The smallest absolute Gasteiger partial charge is 0.185 e. The van der Waals surface area contributed by atoms with Gasteiger partial charge in [-0.15, -0.1) is 11.3 Å². The van der Waals surface area contributed by atoms with Crippen LogP contribution in [0.5, 0.6) is 0 Å². The Morgan fingerprint density at radius 1 is 1.60 bits per heavy atom. The first-order valence-corrected chi connectivity index (χ1v) is 6.13. The number of rotatable bonds is 4. The molecule has 0 amide bonds. The number of aromatic nitrogens is 1. The molecule has 1 aromatic rings. The standard InChI is InChI=1S/C11H20N2OS/c1-6-11(3,4)13(5)10-12-9(7-15-10)8(2)14/h7-8,14H,6H2,1-5H3. The summed E-state index contributed by atoms with van der Waals surface area (Å²) in [6, 6.07) is 0. The van der Waals surface area contributed by atoms with Gasteiger partial charge in [-0.3, -0.25) is 0 Å². The molecule has 1 rings (SSSR count). The van der Waals surface area contributed by atoms with Gasteiger partial charge in [-0.25, -0.2) is 4.98 Å². The fraction of sp³-hybridized carbons (Fsp3) is 0.727. The van der Waals surface area contributed by atoms with Crippen LogP contribution in [0.1, 0.15) is 45.9 Å². The third-order valence-electron chi connectivity index (χ3n) is 3.00. The van der Waals surface area contributed by atoms with Crippen LogP contribution in [0.3, 0.4) is 0 Å². The SMILES string of the molecule is CCC(C)(C)N(C)c1nc(C(C)O)cs1. The molecule has 0 aliphatic heterocycles. The molecule has 0 aromatic carbocycles. The lowest BCUT2D eigenvalue weighted by Crippen LogP contribution is -2.40. The molecule has 0 bridgehead atoms. The summed E-state index contributed by atoms with van der Waals surface area (Å²) in [6.45, 7) is 8.29. The average molecular weight is 228 g/mol. The van der Waals surface area contributed by atoms with E-state index < -0.39 is 6.10 Å². The normalized spacial score (nSPS) is 14.0. The molecule has 0 fully saturated rings. The van der Waals surface area contributed by atoms with Crippen LogP contribution < -0.4 is 4.90 Å². The highest BCUT2D eigenvalue weighted by Crippen LogP contribution is 2.29. The maximum absolute atomic E-state index is 9.40. The molecule has 15 heavy (non-hydrogen) atoms. The van der Waals surface area contributed by atoms with Crippen molar-refractivity contribution in [2.45, 2.75) is 45.8 Å². The number of hydrogen-bond donors (Lipinski definition) is 1. The maximum atomic E-state index is 9.40. The van der Waals surface area contributed by atoms with E-state index in [9.17, 15) is 5.11 Å². The van der Waals surface area contributed by atoms with Crippen LogP contribution in [0.4, 0.5) is 5.13 Å². The predicted molar refractivity (Wildman–Crippen MR) is 65.5 cm³/mol. The Kier molecular flexibility index (Phi) is 3.73. The number of thiazole rings is 1. The molecule has 0 aliphatic rings. The van der Waals surface area contributed by atoms with Crippen molar-refractivity contribution < 1.29 is 5.11 Å². The summed E-state index contributed by atoms with van der Waals surface area (Å²) in [5, 5.41) is 12.3. The molecule has 86 valence electrons. The quantitative estimate of drug-likeness (QED) is 0.861. The number of hydrogen-bond acceptors (Lipinski definition) is 4. The Hall–Kier alpha value is -0.610. The van der Waals surface area contributed by atoms with Crippen LogP contribution >= 0.6 is 11.3 Å². The minimum atomic E-state index is -0.479. The third-order valence-corrected chi connectivity index (χ3v) is 3.93. The molecular weight excluding hydrogens is 208 g/mol. The van der Waals surface area contributed by atoms with Crippen molar-refractivity contribution in [1.29, 1.82) is 0 Å². The first-order chi connectivity index (χ1) is 6.88. The molecule has 0 aliphatic carbocycles. The van der Waals surface area contributed by atoms with Gasteiger partial charge in [0.05, 0.1) is 11.8 Å². The Bertz CT molecular complexity index is 320. The van der Waals surface area contributed by atoms with Crippen molar-refractivity contribution in [3.8, 4) is 0 Å². The number of aliphatic hydroxyl groups excluding tert-OH is 1. The van der Waals surface area contributed by atoms with Gasteiger partial charge in [0.1, 0.15) is 0 Å². The van der Waals surface area contributed by atoms with E-state index in [0.717, 1.165) is 17.2 Å². The van der Waals surface area contributed by atoms with Gasteiger partial charge in [0, 0.05) is 18.0 Å². The van der Waals surface area contributed by atoms with Gasteiger partial charge in [-0.05, 0) is 27.2 Å². The van der Waals surface area contributed by atoms with Crippen molar-refractivity contribution in [2.24, 2.45) is 0 Å². The topological polar surface area (TPSA) is 36.4 Å². The molecular formula is C11H20N2OS. The molecule has 1 atom stereocenters. The number of aliphatic hydroxyl groups is 1. The van der Waals surface area contributed by atoms with Gasteiger partial charge in [0.25, 0.3) is 0 Å². The van der Waals surface area contributed by atoms with E-state index >= 15 is 0 Å². The van der Waals surface area contributed by atoms with E-state index in [1.54, 1.807) is 18.3 Å². The largest absolute Gasteiger partial charge is 0.387 e. The van der Waals surface area contributed by atoms with Gasteiger partial charge in [-0.2, -0.15) is 0 Å². The third kappa shape index (κ3) is 2.69. The Morgan fingerprint density at radius 2 is 2.20 bits per heavy atom. The van der Waals surface area contributed by atoms with E-state index in [-0.39, 0.29) is 5.54 Å². The van der Waals surface area contributed by atoms with Crippen LogP contribution in [0.2, 0.25) is 0 Å². The summed E-state index contributed by atoms with van der Waals surface area (Å²) in [7, 11) is 2.05. The second-order valence-corrected chi connectivity index (χ2v) is 5.29. The molecule has 0 saturated carbocycles. The Balaban J connectivity index is 2.87. The fourth-order valence-electron chi connectivity index (χ4n) is 1.12. The Labute approximate surface area is 95.8 Å². The lowest BCUT2D eigenvalue weighted by atomic mass is 10.0. The first kappa shape index (κ1) is 12.5. The zero-order valence-corrected chi connectivity index (χ0v) is 10.9. The maximum Gasteiger partial charge on any atom is 0.185 e. The second kappa shape index (κ2) is 4.49. The van der Waals surface area contributed by atoms with Crippen molar-refractivity contribution in [3.05, 3.63) is 11.1 Å². The average Bonchev–Trinajstić information content (AvgIpc) is 2.65. The van der Waals surface area contributed by atoms with Crippen LogP contribution in [0, 0.1) is 0 Å². The molecule has 0 spiro atoms. The molecule has 1 heterocycles. The first-order valence-electron chi connectivity index (χ1n) is 5.26. The minimum absolute atomic E-state index is 0.105. The number of nitrogens with zero attached hydrogens (tertiary/aromatic N) is 2. The fourth-order valence-corrected chi connectivity index (χ4v) is 2.16. The summed E-state index contributed by atoms with van der Waals surface area (Å²) in [5.74, 6) is 0. The van der Waals surface area contributed by atoms with Gasteiger partial charge in [0.15, 0.2) is 5.13 Å². The van der Waals surface area contributed by atoms with Crippen LogP contribution in [-0.2, 0) is 0 Å².